The van der Waals surface area contributed by atoms with E-state index in [4.69, 9.17) is 11.6 Å². The van der Waals surface area contributed by atoms with E-state index in [-0.39, 0.29) is 5.91 Å². The third-order valence-electron chi connectivity index (χ3n) is 2.40. The van der Waals surface area contributed by atoms with Gasteiger partial charge in [0.2, 0.25) is 0 Å². The molecular weight excluding hydrogens is 256 g/mol. The van der Waals surface area contributed by atoms with Gasteiger partial charge in [0.25, 0.3) is 5.91 Å². The molecule has 0 spiro atoms. The molecule has 1 aromatic carbocycles. The van der Waals surface area contributed by atoms with Crippen LogP contribution >= 0.6 is 22.9 Å². The van der Waals surface area contributed by atoms with Crippen LogP contribution in [0, 0.1) is 13.8 Å². The number of hydrogen-bond acceptors (Lipinski definition) is 3. The van der Waals surface area contributed by atoms with Gasteiger partial charge in [0, 0.05) is 15.6 Å². The molecule has 0 unspecified atom stereocenters. The van der Waals surface area contributed by atoms with E-state index in [1.165, 1.54) is 11.3 Å². The van der Waals surface area contributed by atoms with Gasteiger partial charge in [0.05, 0.1) is 5.51 Å². The number of carbonyl (C=O) groups is 1. The lowest BCUT2D eigenvalue weighted by Crippen LogP contribution is -2.14. The number of nitrogens with one attached hydrogen (secondary N) is 1. The number of rotatable bonds is 2. The standard InChI is InChI=1S/C12H11ClN2OS/c1-7-5-9(13)3-4-10(7)15-12(16)11-8(2)17-6-14-11/h3-6H,1-2H3,(H,15,16). The summed E-state index contributed by atoms with van der Waals surface area (Å²) in [4.78, 5) is 16.9. The molecule has 1 aromatic heterocycles. The molecule has 0 saturated heterocycles. The smallest absolute Gasteiger partial charge is 0.275 e. The largest absolute Gasteiger partial charge is 0.320 e. The highest BCUT2D eigenvalue weighted by Gasteiger charge is 2.12. The van der Waals surface area contributed by atoms with E-state index in [0.29, 0.717) is 10.7 Å². The van der Waals surface area contributed by atoms with Gasteiger partial charge in [-0.2, -0.15) is 0 Å². The van der Waals surface area contributed by atoms with E-state index in [1.807, 2.05) is 19.9 Å². The Morgan fingerprint density at radius 1 is 1.41 bits per heavy atom. The van der Waals surface area contributed by atoms with E-state index in [9.17, 15) is 4.79 Å². The molecule has 3 nitrogen and oxygen atoms in total. The number of hydrogen-bond donors (Lipinski definition) is 1. The fourth-order valence-electron chi connectivity index (χ4n) is 1.47. The first-order valence-electron chi connectivity index (χ1n) is 5.05. The monoisotopic (exact) mass is 266 g/mol. The molecule has 0 saturated carbocycles. The number of aryl methyl sites for hydroxylation is 2. The third-order valence-corrected chi connectivity index (χ3v) is 3.39. The zero-order valence-electron chi connectivity index (χ0n) is 9.45. The predicted octanol–water partition coefficient (Wildman–Crippen LogP) is 3.67. The number of amides is 1. The highest BCUT2D eigenvalue weighted by Crippen LogP contribution is 2.21. The Hall–Kier alpha value is -1.39. The van der Waals surface area contributed by atoms with Gasteiger partial charge in [-0.05, 0) is 37.6 Å². The first-order valence-corrected chi connectivity index (χ1v) is 6.31. The van der Waals surface area contributed by atoms with Gasteiger partial charge < -0.3 is 5.32 Å². The minimum atomic E-state index is -0.186. The molecule has 1 N–H and O–H groups in total. The number of nitrogens with zero attached hydrogens (tertiary/aromatic N) is 1. The van der Waals surface area contributed by atoms with Crippen LogP contribution in [0.25, 0.3) is 0 Å². The average molecular weight is 267 g/mol. The molecule has 5 heteroatoms. The van der Waals surface area contributed by atoms with Crippen LogP contribution in [0.4, 0.5) is 5.69 Å². The normalized spacial score (nSPS) is 10.3. The van der Waals surface area contributed by atoms with Crippen molar-refractivity contribution in [3.63, 3.8) is 0 Å². The van der Waals surface area contributed by atoms with Crippen LogP contribution in [0.1, 0.15) is 20.9 Å². The molecule has 0 bridgehead atoms. The molecule has 0 aliphatic carbocycles. The second-order valence-electron chi connectivity index (χ2n) is 3.67. The van der Waals surface area contributed by atoms with Crippen LogP contribution in [0.2, 0.25) is 5.02 Å². The quantitative estimate of drug-likeness (QED) is 0.901. The summed E-state index contributed by atoms with van der Waals surface area (Å²) in [6.45, 7) is 3.77. The van der Waals surface area contributed by atoms with Gasteiger partial charge in [-0.25, -0.2) is 4.98 Å². The highest BCUT2D eigenvalue weighted by atomic mass is 35.5. The molecule has 88 valence electrons. The predicted molar refractivity (Wildman–Crippen MR) is 71.0 cm³/mol. The summed E-state index contributed by atoms with van der Waals surface area (Å²) < 4.78 is 0. The Morgan fingerprint density at radius 2 is 2.18 bits per heavy atom. The molecule has 0 aliphatic heterocycles. The van der Waals surface area contributed by atoms with Crippen molar-refractivity contribution in [1.82, 2.24) is 4.98 Å². The van der Waals surface area contributed by atoms with Crippen molar-refractivity contribution in [3.8, 4) is 0 Å². The molecular formula is C12H11ClN2OS. The van der Waals surface area contributed by atoms with Crippen LogP contribution in [-0.4, -0.2) is 10.9 Å². The SMILES string of the molecule is Cc1cc(Cl)ccc1NC(=O)c1ncsc1C. The number of aromatic nitrogens is 1. The number of carbonyl (C=O) groups excluding carboxylic acids is 1. The Labute approximate surface area is 108 Å². The lowest BCUT2D eigenvalue weighted by molar-refractivity contribution is 0.102. The first-order chi connectivity index (χ1) is 8.08. The molecule has 0 aliphatic rings. The summed E-state index contributed by atoms with van der Waals surface area (Å²) in [6.07, 6.45) is 0. The van der Waals surface area contributed by atoms with Gasteiger partial charge in [-0.3, -0.25) is 4.79 Å². The number of halogens is 1. The molecule has 1 amide bonds. The lowest BCUT2D eigenvalue weighted by Gasteiger charge is -2.07. The third kappa shape index (κ3) is 2.65. The Kier molecular flexibility index (Phi) is 3.45. The van der Waals surface area contributed by atoms with Gasteiger partial charge in [0.15, 0.2) is 0 Å². The summed E-state index contributed by atoms with van der Waals surface area (Å²) >= 11 is 7.31. The maximum atomic E-state index is 11.9. The van der Waals surface area contributed by atoms with Crippen molar-refractivity contribution in [3.05, 3.63) is 44.9 Å². The zero-order valence-corrected chi connectivity index (χ0v) is 11.0. The minimum Gasteiger partial charge on any atom is -0.320 e. The first kappa shape index (κ1) is 12.1. The summed E-state index contributed by atoms with van der Waals surface area (Å²) in [7, 11) is 0. The van der Waals surface area contributed by atoms with Crippen LogP contribution < -0.4 is 5.32 Å². The molecule has 0 fully saturated rings. The zero-order chi connectivity index (χ0) is 12.4. The topological polar surface area (TPSA) is 42.0 Å². The van der Waals surface area contributed by atoms with Crippen molar-refractivity contribution in [2.24, 2.45) is 0 Å². The maximum Gasteiger partial charge on any atom is 0.275 e. The average Bonchev–Trinajstić information content (AvgIpc) is 2.68. The summed E-state index contributed by atoms with van der Waals surface area (Å²) in [5.41, 5.74) is 3.83. The van der Waals surface area contributed by atoms with E-state index < -0.39 is 0 Å². The second kappa shape index (κ2) is 4.85. The lowest BCUT2D eigenvalue weighted by atomic mass is 10.2. The Bertz CT molecular complexity index is 565. The second-order valence-corrected chi connectivity index (χ2v) is 5.17. The van der Waals surface area contributed by atoms with Gasteiger partial charge in [-0.1, -0.05) is 11.6 Å². The van der Waals surface area contributed by atoms with Gasteiger partial charge in [0.1, 0.15) is 5.69 Å². The van der Waals surface area contributed by atoms with E-state index in [2.05, 4.69) is 10.3 Å². The van der Waals surface area contributed by atoms with Crippen LogP contribution in [0.3, 0.4) is 0 Å². The number of thiazole rings is 1. The van der Waals surface area contributed by atoms with E-state index in [1.54, 1.807) is 17.6 Å². The fourth-order valence-corrected chi connectivity index (χ4v) is 2.27. The Balaban J connectivity index is 2.22. The van der Waals surface area contributed by atoms with Crippen molar-refractivity contribution in [2.75, 3.05) is 5.32 Å². The van der Waals surface area contributed by atoms with E-state index in [0.717, 1.165) is 16.1 Å². The fraction of sp³-hybridized carbons (Fsp3) is 0.167. The molecule has 2 aromatic rings. The minimum absolute atomic E-state index is 0.186. The van der Waals surface area contributed by atoms with Gasteiger partial charge in [-0.15, -0.1) is 11.3 Å². The summed E-state index contributed by atoms with van der Waals surface area (Å²) in [5, 5.41) is 3.48. The van der Waals surface area contributed by atoms with Crippen molar-refractivity contribution in [1.29, 1.82) is 0 Å². The van der Waals surface area contributed by atoms with E-state index >= 15 is 0 Å². The van der Waals surface area contributed by atoms with Crippen molar-refractivity contribution in [2.45, 2.75) is 13.8 Å². The maximum absolute atomic E-state index is 11.9. The molecule has 0 radical (unpaired) electrons. The molecule has 1 heterocycles. The number of anilines is 1. The van der Waals surface area contributed by atoms with Crippen molar-refractivity contribution >= 4 is 34.5 Å². The highest BCUT2D eigenvalue weighted by molar-refractivity contribution is 7.09. The summed E-state index contributed by atoms with van der Waals surface area (Å²) in [6, 6.07) is 5.35. The molecule has 0 atom stereocenters. The van der Waals surface area contributed by atoms with Crippen molar-refractivity contribution < 1.29 is 4.79 Å². The number of benzene rings is 1. The van der Waals surface area contributed by atoms with Crippen LogP contribution in [0.5, 0.6) is 0 Å². The molecule has 17 heavy (non-hydrogen) atoms. The Morgan fingerprint density at radius 3 is 2.76 bits per heavy atom. The molecule has 2 rings (SSSR count). The van der Waals surface area contributed by atoms with Crippen LogP contribution in [0.15, 0.2) is 23.7 Å². The van der Waals surface area contributed by atoms with Gasteiger partial charge >= 0.3 is 0 Å². The summed E-state index contributed by atoms with van der Waals surface area (Å²) in [5.74, 6) is -0.186. The van der Waals surface area contributed by atoms with Crippen LogP contribution in [-0.2, 0) is 0 Å².